The van der Waals surface area contributed by atoms with Gasteiger partial charge in [0.15, 0.2) is 0 Å². The molecule has 0 aromatic carbocycles. The topological polar surface area (TPSA) is 29.9 Å². The fourth-order valence-electron chi connectivity index (χ4n) is 2.10. The SMILES string of the molecule is CCC(CNC(C)C)Cc1cc(C)nn1CC. The van der Waals surface area contributed by atoms with Crippen LogP contribution in [-0.2, 0) is 13.0 Å². The van der Waals surface area contributed by atoms with E-state index in [1.165, 1.54) is 12.1 Å². The Bertz CT molecular complexity index is 328. The molecule has 3 nitrogen and oxygen atoms in total. The van der Waals surface area contributed by atoms with Crippen molar-refractivity contribution in [2.75, 3.05) is 6.54 Å². The van der Waals surface area contributed by atoms with Gasteiger partial charge in [0.05, 0.1) is 5.69 Å². The van der Waals surface area contributed by atoms with Gasteiger partial charge in [-0.2, -0.15) is 5.10 Å². The number of hydrogen-bond acceptors (Lipinski definition) is 2. The van der Waals surface area contributed by atoms with Crippen molar-refractivity contribution in [3.05, 3.63) is 17.5 Å². The first-order chi connectivity index (χ1) is 8.06. The lowest BCUT2D eigenvalue weighted by Gasteiger charge is -2.18. The van der Waals surface area contributed by atoms with Crippen LogP contribution in [0.1, 0.15) is 45.5 Å². The maximum atomic E-state index is 4.51. The second-order valence-corrected chi connectivity index (χ2v) is 5.13. The molecular formula is C14H27N3. The van der Waals surface area contributed by atoms with Gasteiger partial charge >= 0.3 is 0 Å². The Balaban J connectivity index is 2.59. The summed E-state index contributed by atoms with van der Waals surface area (Å²) in [5, 5.41) is 8.04. The van der Waals surface area contributed by atoms with Crippen molar-refractivity contribution in [1.29, 1.82) is 0 Å². The van der Waals surface area contributed by atoms with Gasteiger partial charge in [0, 0.05) is 18.3 Å². The Hall–Kier alpha value is -0.830. The number of nitrogens with zero attached hydrogens (tertiary/aromatic N) is 2. The van der Waals surface area contributed by atoms with E-state index in [1.807, 2.05) is 0 Å². The molecule has 98 valence electrons. The van der Waals surface area contributed by atoms with E-state index in [4.69, 9.17) is 0 Å². The normalized spacial score (nSPS) is 13.3. The van der Waals surface area contributed by atoms with Gasteiger partial charge in [0.2, 0.25) is 0 Å². The summed E-state index contributed by atoms with van der Waals surface area (Å²) in [5.41, 5.74) is 2.51. The third kappa shape index (κ3) is 4.50. The molecule has 0 radical (unpaired) electrons. The second-order valence-electron chi connectivity index (χ2n) is 5.13. The highest BCUT2D eigenvalue weighted by Gasteiger charge is 2.12. The first kappa shape index (κ1) is 14.2. The second kappa shape index (κ2) is 6.80. The number of nitrogens with one attached hydrogen (secondary N) is 1. The van der Waals surface area contributed by atoms with E-state index in [-0.39, 0.29) is 0 Å². The number of hydrogen-bond donors (Lipinski definition) is 1. The fourth-order valence-corrected chi connectivity index (χ4v) is 2.10. The molecule has 1 aromatic heterocycles. The zero-order valence-corrected chi connectivity index (χ0v) is 12.0. The van der Waals surface area contributed by atoms with Crippen LogP contribution in [0.15, 0.2) is 6.07 Å². The van der Waals surface area contributed by atoms with Crippen LogP contribution < -0.4 is 5.32 Å². The summed E-state index contributed by atoms with van der Waals surface area (Å²) in [4.78, 5) is 0. The Labute approximate surface area is 106 Å². The molecule has 0 aliphatic rings. The molecule has 0 spiro atoms. The standard InChI is InChI=1S/C14H27N3/c1-6-13(10-15-11(3)4)9-14-8-12(5)16-17(14)7-2/h8,11,13,15H,6-7,9-10H2,1-5H3. The van der Waals surface area contributed by atoms with Crippen molar-refractivity contribution in [1.82, 2.24) is 15.1 Å². The Morgan fingerprint density at radius 2 is 2.06 bits per heavy atom. The van der Waals surface area contributed by atoms with E-state index < -0.39 is 0 Å². The van der Waals surface area contributed by atoms with Crippen molar-refractivity contribution >= 4 is 0 Å². The van der Waals surface area contributed by atoms with E-state index in [1.54, 1.807) is 0 Å². The van der Waals surface area contributed by atoms with E-state index in [9.17, 15) is 0 Å². The molecular weight excluding hydrogens is 210 g/mol. The summed E-state index contributed by atoms with van der Waals surface area (Å²) in [6, 6.07) is 2.79. The van der Waals surface area contributed by atoms with Crippen LogP contribution in [0.25, 0.3) is 0 Å². The molecule has 0 aliphatic heterocycles. The summed E-state index contributed by atoms with van der Waals surface area (Å²) in [6.07, 6.45) is 2.35. The highest BCUT2D eigenvalue weighted by atomic mass is 15.3. The minimum absolute atomic E-state index is 0.571. The predicted molar refractivity (Wildman–Crippen MR) is 73.3 cm³/mol. The molecule has 0 aliphatic carbocycles. The third-order valence-electron chi connectivity index (χ3n) is 3.17. The Morgan fingerprint density at radius 3 is 2.59 bits per heavy atom. The summed E-state index contributed by atoms with van der Waals surface area (Å²) in [5.74, 6) is 0.707. The van der Waals surface area contributed by atoms with Crippen LogP contribution in [0.3, 0.4) is 0 Å². The molecule has 1 heterocycles. The van der Waals surface area contributed by atoms with Gasteiger partial charge in [-0.3, -0.25) is 4.68 Å². The number of rotatable bonds is 7. The van der Waals surface area contributed by atoms with Crippen molar-refractivity contribution in [2.24, 2.45) is 5.92 Å². The van der Waals surface area contributed by atoms with Gasteiger partial charge in [0.1, 0.15) is 0 Å². The lowest BCUT2D eigenvalue weighted by atomic mass is 9.99. The highest BCUT2D eigenvalue weighted by Crippen LogP contribution is 2.13. The molecule has 17 heavy (non-hydrogen) atoms. The molecule has 0 saturated carbocycles. The zero-order chi connectivity index (χ0) is 12.8. The maximum Gasteiger partial charge on any atom is 0.0596 e. The van der Waals surface area contributed by atoms with Crippen LogP contribution in [0.5, 0.6) is 0 Å². The summed E-state index contributed by atoms with van der Waals surface area (Å²) in [7, 11) is 0. The van der Waals surface area contributed by atoms with Crippen LogP contribution in [0.4, 0.5) is 0 Å². The lowest BCUT2D eigenvalue weighted by Crippen LogP contribution is -2.30. The van der Waals surface area contributed by atoms with Crippen LogP contribution in [0, 0.1) is 12.8 Å². The van der Waals surface area contributed by atoms with Crippen molar-refractivity contribution in [3.8, 4) is 0 Å². The molecule has 1 unspecified atom stereocenters. The Morgan fingerprint density at radius 1 is 1.35 bits per heavy atom. The van der Waals surface area contributed by atoms with Crippen LogP contribution >= 0.6 is 0 Å². The van der Waals surface area contributed by atoms with Gasteiger partial charge < -0.3 is 5.32 Å². The predicted octanol–water partition coefficient (Wildman–Crippen LogP) is 2.78. The van der Waals surface area contributed by atoms with Crippen LogP contribution in [0.2, 0.25) is 0 Å². The quantitative estimate of drug-likeness (QED) is 0.790. The third-order valence-corrected chi connectivity index (χ3v) is 3.17. The van der Waals surface area contributed by atoms with Gasteiger partial charge in [-0.1, -0.05) is 27.2 Å². The van der Waals surface area contributed by atoms with E-state index in [0.29, 0.717) is 12.0 Å². The largest absolute Gasteiger partial charge is 0.314 e. The molecule has 3 heteroatoms. The average molecular weight is 237 g/mol. The van der Waals surface area contributed by atoms with Gasteiger partial charge in [0.25, 0.3) is 0 Å². The van der Waals surface area contributed by atoms with Gasteiger partial charge in [-0.15, -0.1) is 0 Å². The molecule has 0 saturated heterocycles. The summed E-state index contributed by atoms with van der Waals surface area (Å²) in [6.45, 7) is 13.0. The molecule has 1 aromatic rings. The average Bonchev–Trinajstić information content (AvgIpc) is 2.64. The summed E-state index contributed by atoms with van der Waals surface area (Å²) < 4.78 is 2.13. The van der Waals surface area contributed by atoms with E-state index in [0.717, 1.165) is 25.2 Å². The first-order valence-electron chi connectivity index (χ1n) is 6.83. The van der Waals surface area contributed by atoms with E-state index in [2.05, 4.69) is 55.8 Å². The molecule has 0 amide bonds. The minimum atomic E-state index is 0.571. The number of aromatic nitrogens is 2. The van der Waals surface area contributed by atoms with Crippen LogP contribution in [-0.4, -0.2) is 22.4 Å². The van der Waals surface area contributed by atoms with Crippen molar-refractivity contribution in [3.63, 3.8) is 0 Å². The Kier molecular flexibility index (Phi) is 5.69. The fraction of sp³-hybridized carbons (Fsp3) is 0.786. The minimum Gasteiger partial charge on any atom is -0.314 e. The maximum absolute atomic E-state index is 4.51. The smallest absolute Gasteiger partial charge is 0.0596 e. The molecule has 0 bridgehead atoms. The van der Waals surface area contributed by atoms with Crippen molar-refractivity contribution < 1.29 is 0 Å². The monoisotopic (exact) mass is 237 g/mol. The molecule has 1 N–H and O–H groups in total. The first-order valence-corrected chi connectivity index (χ1v) is 6.83. The highest BCUT2D eigenvalue weighted by molar-refractivity contribution is 5.09. The molecule has 1 rings (SSSR count). The van der Waals surface area contributed by atoms with Crippen molar-refractivity contribution in [2.45, 2.75) is 60.0 Å². The lowest BCUT2D eigenvalue weighted by molar-refractivity contribution is 0.423. The molecule has 0 fully saturated rings. The van der Waals surface area contributed by atoms with Gasteiger partial charge in [-0.25, -0.2) is 0 Å². The summed E-state index contributed by atoms with van der Waals surface area (Å²) >= 11 is 0. The molecule has 1 atom stereocenters. The van der Waals surface area contributed by atoms with Gasteiger partial charge in [-0.05, 0) is 38.8 Å². The number of aryl methyl sites for hydroxylation is 2. The van der Waals surface area contributed by atoms with E-state index >= 15 is 0 Å². The zero-order valence-electron chi connectivity index (χ0n) is 12.0.